The van der Waals surface area contributed by atoms with Crippen molar-refractivity contribution in [1.29, 1.82) is 0 Å². The van der Waals surface area contributed by atoms with Crippen LogP contribution in [0.15, 0.2) is 296 Å². The molecule has 2 aliphatic rings. The van der Waals surface area contributed by atoms with Crippen LogP contribution in [-0.2, 0) is 5.41 Å². The average Bonchev–Trinajstić information content (AvgIpc) is 2.95. The van der Waals surface area contributed by atoms with Crippen LogP contribution >= 0.6 is 0 Å². The number of benzene rings is 13. The Hall–Kier alpha value is -10.8. The van der Waals surface area contributed by atoms with Gasteiger partial charge in [-0.05, 0) is 160 Å². The maximum Gasteiger partial charge on any atom is 0.0546 e. The fourth-order valence-electron chi connectivity index (χ4n) is 14.6. The number of fused-ring (bicyclic) bond motifs is 14. The van der Waals surface area contributed by atoms with Crippen molar-refractivity contribution in [1.82, 2.24) is 9.13 Å². The fourth-order valence-corrected chi connectivity index (χ4v) is 14.6. The molecule has 0 spiro atoms. The van der Waals surface area contributed by atoms with Gasteiger partial charge in [-0.2, -0.15) is 0 Å². The van der Waals surface area contributed by atoms with Gasteiger partial charge in [0, 0.05) is 37.7 Å². The number of para-hydroxylation sites is 2. The molecule has 0 saturated carbocycles. The van der Waals surface area contributed by atoms with Crippen molar-refractivity contribution in [3.63, 3.8) is 0 Å². The van der Waals surface area contributed by atoms with Crippen LogP contribution in [0.5, 0.6) is 0 Å². The zero-order valence-corrected chi connectivity index (χ0v) is 48.7. The summed E-state index contributed by atoms with van der Waals surface area (Å²) < 4.78 is 4.93. The number of aromatic nitrogens is 2. The van der Waals surface area contributed by atoms with Crippen molar-refractivity contribution in [2.75, 3.05) is 0 Å². The van der Waals surface area contributed by atoms with Crippen LogP contribution in [0.4, 0.5) is 0 Å². The molecule has 0 radical (unpaired) electrons. The minimum atomic E-state index is -0.143. The summed E-state index contributed by atoms with van der Waals surface area (Å²) in [4.78, 5) is 0. The van der Waals surface area contributed by atoms with Gasteiger partial charge in [-0.3, -0.25) is 0 Å². The Labute approximate surface area is 506 Å². The second kappa shape index (κ2) is 20.2. The van der Waals surface area contributed by atoms with Gasteiger partial charge in [0.1, 0.15) is 0 Å². The van der Waals surface area contributed by atoms with Crippen molar-refractivity contribution in [3.05, 3.63) is 324 Å². The van der Waals surface area contributed by atoms with Crippen molar-refractivity contribution in [2.24, 2.45) is 0 Å². The highest BCUT2D eigenvalue weighted by molar-refractivity contribution is 6.17. The minimum Gasteiger partial charge on any atom is -0.309 e. The third kappa shape index (κ3) is 8.39. The van der Waals surface area contributed by atoms with Crippen LogP contribution < -0.4 is 0 Å². The molecule has 2 heteroatoms. The molecule has 87 heavy (non-hydrogen) atoms. The van der Waals surface area contributed by atoms with E-state index >= 15 is 0 Å². The van der Waals surface area contributed by atoms with E-state index < -0.39 is 0 Å². The average molecular weight is 1110 g/mol. The van der Waals surface area contributed by atoms with E-state index in [9.17, 15) is 0 Å². The lowest BCUT2D eigenvalue weighted by Crippen LogP contribution is -2.16. The predicted molar refractivity (Wildman–Crippen MR) is 373 cm³/mol. The molecule has 0 saturated heterocycles. The molecule has 2 aliphatic carbocycles. The number of hydrogen-bond donors (Lipinski definition) is 0. The van der Waals surface area contributed by atoms with Crippen molar-refractivity contribution >= 4 is 111 Å². The Balaban J connectivity index is 0.613. The molecular formula is C85H60N2. The van der Waals surface area contributed by atoms with E-state index in [2.05, 4.69) is 326 Å². The zero-order valence-electron chi connectivity index (χ0n) is 48.7. The molecule has 0 amide bonds. The molecule has 15 aromatic rings. The molecule has 0 bridgehead atoms. The van der Waals surface area contributed by atoms with E-state index in [1.54, 1.807) is 0 Å². The molecule has 2 aromatic heterocycles. The number of nitrogens with zero attached hydrogens (tertiary/aromatic N) is 2. The third-order valence-corrected chi connectivity index (χ3v) is 19.0. The Kier molecular flexibility index (Phi) is 11.8. The Bertz CT molecular complexity index is 5510. The summed E-state index contributed by atoms with van der Waals surface area (Å²) >= 11 is 0. The first-order valence-corrected chi connectivity index (χ1v) is 30.6. The van der Waals surface area contributed by atoms with Crippen LogP contribution in [0.25, 0.3) is 144 Å². The van der Waals surface area contributed by atoms with Crippen LogP contribution in [0.3, 0.4) is 0 Å². The molecule has 0 atom stereocenters. The van der Waals surface area contributed by atoms with E-state index in [4.69, 9.17) is 0 Å². The van der Waals surface area contributed by atoms with Crippen molar-refractivity contribution < 1.29 is 0 Å². The molecule has 410 valence electrons. The lowest BCUT2D eigenvalue weighted by Gasteiger charge is -2.24. The first-order valence-electron chi connectivity index (χ1n) is 30.6. The predicted octanol–water partition coefficient (Wildman–Crippen LogP) is 23.0. The summed E-state index contributed by atoms with van der Waals surface area (Å²) in [6.07, 6.45) is 18.2. The van der Waals surface area contributed by atoms with E-state index in [-0.39, 0.29) is 5.41 Å². The number of rotatable bonds is 8. The summed E-state index contributed by atoms with van der Waals surface area (Å²) in [6.45, 7) is 4.81. The van der Waals surface area contributed by atoms with Gasteiger partial charge in [0.25, 0.3) is 0 Å². The van der Waals surface area contributed by atoms with Gasteiger partial charge in [0.05, 0.1) is 33.4 Å². The van der Waals surface area contributed by atoms with Crippen LogP contribution in [0.1, 0.15) is 54.5 Å². The smallest absolute Gasteiger partial charge is 0.0546 e. The normalized spacial score (nSPS) is 15.2. The highest BCUT2D eigenvalue weighted by Crippen LogP contribution is 2.50. The highest BCUT2D eigenvalue weighted by Gasteiger charge is 2.36. The molecule has 17 rings (SSSR count). The largest absolute Gasteiger partial charge is 0.309 e. The first kappa shape index (κ1) is 50.7. The van der Waals surface area contributed by atoms with Crippen LogP contribution in [-0.4, -0.2) is 9.13 Å². The Morgan fingerprint density at radius 3 is 1.31 bits per heavy atom. The van der Waals surface area contributed by atoms with E-state index in [1.165, 1.54) is 165 Å². The summed E-state index contributed by atoms with van der Waals surface area (Å²) in [6, 6.07) is 96.7. The minimum absolute atomic E-state index is 0.143. The topological polar surface area (TPSA) is 9.86 Å². The van der Waals surface area contributed by atoms with E-state index in [1.807, 2.05) is 0 Å². The van der Waals surface area contributed by atoms with Gasteiger partial charge < -0.3 is 9.13 Å². The second-order valence-corrected chi connectivity index (χ2v) is 24.3. The van der Waals surface area contributed by atoms with Crippen LogP contribution in [0.2, 0.25) is 0 Å². The van der Waals surface area contributed by atoms with Gasteiger partial charge in [-0.25, -0.2) is 0 Å². The molecule has 2 nitrogen and oxygen atoms in total. The van der Waals surface area contributed by atoms with Gasteiger partial charge in [-0.15, -0.1) is 0 Å². The fraction of sp³-hybridized carbons (Fsp3) is 0.0588. The molecule has 13 aromatic carbocycles. The Morgan fingerprint density at radius 1 is 0.345 bits per heavy atom. The molecule has 2 heterocycles. The van der Waals surface area contributed by atoms with Gasteiger partial charge in [0.15, 0.2) is 0 Å². The monoisotopic (exact) mass is 1110 g/mol. The number of allylic oxidation sites excluding steroid dienone is 7. The summed E-state index contributed by atoms with van der Waals surface area (Å²) in [5.41, 5.74) is 22.4. The standard InChI is InChI=1S/C85H60N2/c1-85(2)77-49-57(33-31-55-35-40-59(41-36-55)61-44-47-81-75(51-61)73-27-13-15-29-79(73)86(81)83-53-63-18-4-7-20-65(63)67-22-9-11-25-71(67)83)17-3-6-24-69(77)70-46-39-58(50-78(70)85)34-32-56-37-42-60(43-38-56)62-45-48-82-76(52-62)74-28-14-16-30-80(74)87(82)84-54-64-19-5-8-21-66(64)68-23-10-12-26-72(68)84/h3-5,7-23,25-54H,6,24H2,1-2H3/b17-3-,33-31+,34-32+,57-49+. The SMILES string of the molecule is CC1(C)C2=C(CC\C=C/C(/C=C/c3ccc(-c4ccc5c(c4)c4ccccc4n5-c4cc5ccccc5c5ccccc45)cc3)=C\2)c2ccc(/C=C/c3ccc(-c4ccc5c(c4)c4ccccc4n5-c4cc5ccccc5c5ccccc45)cc3)cc21. The molecule has 0 fully saturated rings. The van der Waals surface area contributed by atoms with Gasteiger partial charge >= 0.3 is 0 Å². The van der Waals surface area contributed by atoms with Gasteiger partial charge in [0.2, 0.25) is 0 Å². The summed E-state index contributed by atoms with van der Waals surface area (Å²) in [7, 11) is 0. The zero-order chi connectivity index (χ0) is 57.7. The maximum absolute atomic E-state index is 2.46. The first-order chi connectivity index (χ1) is 42.9. The Morgan fingerprint density at radius 2 is 0.770 bits per heavy atom. The van der Waals surface area contributed by atoms with E-state index in [0.717, 1.165) is 12.8 Å². The van der Waals surface area contributed by atoms with Crippen molar-refractivity contribution in [2.45, 2.75) is 32.1 Å². The lowest BCUT2D eigenvalue weighted by atomic mass is 9.79. The second-order valence-electron chi connectivity index (χ2n) is 24.3. The summed E-state index contributed by atoms with van der Waals surface area (Å²) in [5, 5.41) is 15.1. The lowest BCUT2D eigenvalue weighted by molar-refractivity contribution is 0.652. The maximum atomic E-state index is 2.46. The molecule has 0 unspecified atom stereocenters. The molecule has 0 aliphatic heterocycles. The van der Waals surface area contributed by atoms with Crippen LogP contribution in [0, 0.1) is 0 Å². The molecular weight excluding hydrogens is 1050 g/mol. The highest BCUT2D eigenvalue weighted by atomic mass is 15.0. The third-order valence-electron chi connectivity index (χ3n) is 19.0. The van der Waals surface area contributed by atoms with Crippen molar-refractivity contribution in [3.8, 4) is 33.6 Å². The quantitative estimate of drug-likeness (QED) is 0.106. The van der Waals surface area contributed by atoms with Gasteiger partial charge in [-0.1, -0.05) is 269 Å². The summed E-state index contributed by atoms with van der Waals surface area (Å²) in [5.74, 6) is 0. The number of hydrogen-bond acceptors (Lipinski definition) is 0. The van der Waals surface area contributed by atoms with E-state index in [0.29, 0.717) is 0 Å². The molecule has 0 N–H and O–H groups in total.